The first-order valence-corrected chi connectivity index (χ1v) is 7.44. The van der Waals surface area contributed by atoms with E-state index in [0.29, 0.717) is 6.42 Å². The molecule has 0 heterocycles. The number of aryl methyl sites for hydroxylation is 2. The molecule has 21 heavy (non-hydrogen) atoms. The minimum absolute atomic E-state index is 0.108. The van der Waals surface area contributed by atoms with Crippen molar-refractivity contribution in [3.63, 3.8) is 0 Å². The summed E-state index contributed by atoms with van der Waals surface area (Å²) in [5.74, 6) is 0.188. The maximum Gasteiger partial charge on any atom is 0.223 e. The van der Waals surface area contributed by atoms with Gasteiger partial charge in [0.25, 0.3) is 0 Å². The van der Waals surface area contributed by atoms with Crippen LogP contribution in [0.25, 0.3) is 0 Å². The summed E-state index contributed by atoms with van der Waals surface area (Å²) in [5, 5.41) is 0. The van der Waals surface area contributed by atoms with Crippen molar-refractivity contribution in [1.29, 1.82) is 0 Å². The van der Waals surface area contributed by atoms with Gasteiger partial charge in [-0.1, -0.05) is 60.2 Å². The van der Waals surface area contributed by atoms with Crippen LogP contribution in [-0.2, 0) is 11.2 Å². The minimum atomic E-state index is 0.108. The Morgan fingerprint density at radius 2 is 1.81 bits per heavy atom. The van der Waals surface area contributed by atoms with E-state index in [1.165, 1.54) is 16.7 Å². The molecule has 0 spiro atoms. The number of hydrogen-bond acceptors (Lipinski definition) is 1. The fourth-order valence-corrected chi connectivity index (χ4v) is 2.47. The van der Waals surface area contributed by atoms with Gasteiger partial charge in [0.15, 0.2) is 0 Å². The Hall–Kier alpha value is -2.09. The number of carbonyl (C=O) groups is 1. The number of rotatable bonds is 5. The summed E-state index contributed by atoms with van der Waals surface area (Å²) in [5.41, 5.74) is 3.64. The normalized spacial score (nSPS) is 12.0. The molecule has 0 N–H and O–H groups in total. The second-order valence-electron chi connectivity index (χ2n) is 5.58. The van der Waals surface area contributed by atoms with Crippen LogP contribution in [0.1, 0.15) is 36.1 Å². The highest BCUT2D eigenvalue weighted by Crippen LogP contribution is 2.19. The van der Waals surface area contributed by atoms with E-state index in [2.05, 4.69) is 44.2 Å². The number of carbonyl (C=O) groups excluding carboxylic acids is 1. The van der Waals surface area contributed by atoms with Crippen LogP contribution in [0.4, 0.5) is 0 Å². The number of amides is 1. The summed E-state index contributed by atoms with van der Waals surface area (Å²) in [6.45, 7) is 4.15. The molecule has 0 fully saturated rings. The van der Waals surface area contributed by atoms with Crippen molar-refractivity contribution in [2.45, 2.75) is 32.7 Å². The molecule has 0 aliphatic carbocycles. The second kappa shape index (κ2) is 7.07. The third kappa shape index (κ3) is 4.19. The van der Waals surface area contributed by atoms with Gasteiger partial charge in [0.05, 0.1) is 6.04 Å². The standard InChI is InChI=1S/C19H23NO/c1-15-8-7-9-17(14-15)12-13-19(21)20(3)16(2)18-10-5-4-6-11-18/h4-11,14,16H,12-13H2,1-3H3. The lowest BCUT2D eigenvalue weighted by atomic mass is 10.0. The first kappa shape index (κ1) is 15.3. The molecular formula is C19H23NO. The Morgan fingerprint density at radius 1 is 1.10 bits per heavy atom. The van der Waals surface area contributed by atoms with Crippen LogP contribution in [0.15, 0.2) is 54.6 Å². The number of hydrogen-bond donors (Lipinski definition) is 0. The predicted molar refractivity (Wildman–Crippen MR) is 87.1 cm³/mol. The van der Waals surface area contributed by atoms with Gasteiger partial charge >= 0.3 is 0 Å². The lowest BCUT2D eigenvalue weighted by molar-refractivity contribution is -0.131. The van der Waals surface area contributed by atoms with Crippen LogP contribution in [-0.4, -0.2) is 17.9 Å². The Balaban J connectivity index is 1.94. The first-order valence-electron chi connectivity index (χ1n) is 7.44. The molecule has 0 bridgehead atoms. The third-order valence-corrected chi connectivity index (χ3v) is 3.97. The second-order valence-corrected chi connectivity index (χ2v) is 5.58. The lowest BCUT2D eigenvalue weighted by Gasteiger charge is -2.25. The van der Waals surface area contributed by atoms with Crippen molar-refractivity contribution in [2.24, 2.45) is 0 Å². The van der Waals surface area contributed by atoms with Crippen LogP contribution < -0.4 is 0 Å². The molecule has 2 aromatic carbocycles. The maximum absolute atomic E-state index is 12.3. The van der Waals surface area contributed by atoms with Crippen molar-refractivity contribution < 1.29 is 4.79 Å². The van der Waals surface area contributed by atoms with Crippen molar-refractivity contribution in [2.75, 3.05) is 7.05 Å². The SMILES string of the molecule is Cc1cccc(CCC(=O)N(C)C(C)c2ccccc2)c1. The van der Waals surface area contributed by atoms with Crippen molar-refractivity contribution in [1.82, 2.24) is 4.90 Å². The summed E-state index contributed by atoms with van der Waals surface area (Å²) >= 11 is 0. The van der Waals surface area contributed by atoms with Crippen LogP contribution in [0.3, 0.4) is 0 Å². The third-order valence-electron chi connectivity index (χ3n) is 3.97. The molecule has 2 heteroatoms. The van der Waals surface area contributed by atoms with E-state index in [-0.39, 0.29) is 11.9 Å². The predicted octanol–water partition coefficient (Wildman–Crippen LogP) is 4.15. The molecular weight excluding hydrogens is 258 g/mol. The summed E-state index contributed by atoms with van der Waals surface area (Å²) < 4.78 is 0. The van der Waals surface area contributed by atoms with Crippen LogP contribution in [0, 0.1) is 6.92 Å². The molecule has 2 aromatic rings. The Morgan fingerprint density at radius 3 is 2.48 bits per heavy atom. The lowest BCUT2D eigenvalue weighted by Crippen LogP contribution is -2.29. The van der Waals surface area contributed by atoms with Gasteiger partial charge in [-0.3, -0.25) is 4.79 Å². The summed E-state index contributed by atoms with van der Waals surface area (Å²) in [7, 11) is 1.89. The monoisotopic (exact) mass is 281 g/mol. The Kier molecular flexibility index (Phi) is 5.15. The Labute approximate surface area is 127 Å². The fourth-order valence-electron chi connectivity index (χ4n) is 2.47. The van der Waals surface area contributed by atoms with Gasteiger partial charge in [-0.25, -0.2) is 0 Å². The van der Waals surface area contributed by atoms with Gasteiger partial charge in [0, 0.05) is 13.5 Å². The summed E-state index contributed by atoms with van der Waals surface area (Å²) in [6, 6.07) is 18.6. The smallest absolute Gasteiger partial charge is 0.223 e. The quantitative estimate of drug-likeness (QED) is 0.806. The maximum atomic E-state index is 12.3. The zero-order chi connectivity index (χ0) is 15.2. The molecule has 2 nitrogen and oxygen atoms in total. The zero-order valence-electron chi connectivity index (χ0n) is 13.0. The van der Waals surface area contributed by atoms with E-state index >= 15 is 0 Å². The van der Waals surface area contributed by atoms with Gasteiger partial charge in [0.1, 0.15) is 0 Å². The van der Waals surface area contributed by atoms with E-state index in [4.69, 9.17) is 0 Å². The molecule has 2 rings (SSSR count). The topological polar surface area (TPSA) is 20.3 Å². The van der Waals surface area contributed by atoms with Crippen LogP contribution in [0.2, 0.25) is 0 Å². The molecule has 0 aliphatic heterocycles. The van der Waals surface area contributed by atoms with Crippen LogP contribution >= 0.6 is 0 Å². The first-order chi connectivity index (χ1) is 10.1. The van der Waals surface area contributed by atoms with Crippen molar-refractivity contribution >= 4 is 5.91 Å². The van der Waals surface area contributed by atoms with E-state index in [1.807, 2.05) is 36.2 Å². The molecule has 110 valence electrons. The average Bonchev–Trinajstić information content (AvgIpc) is 2.52. The van der Waals surface area contributed by atoms with Gasteiger partial charge < -0.3 is 4.90 Å². The number of benzene rings is 2. The highest BCUT2D eigenvalue weighted by Gasteiger charge is 2.16. The minimum Gasteiger partial charge on any atom is -0.339 e. The molecule has 0 saturated carbocycles. The molecule has 0 aliphatic rings. The van der Waals surface area contributed by atoms with Crippen LogP contribution in [0.5, 0.6) is 0 Å². The van der Waals surface area contributed by atoms with E-state index in [1.54, 1.807) is 0 Å². The van der Waals surface area contributed by atoms with Gasteiger partial charge in [-0.2, -0.15) is 0 Å². The van der Waals surface area contributed by atoms with E-state index in [9.17, 15) is 4.79 Å². The molecule has 1 atom stereocenters. The average molecular weight is 281 g/mol. The van der Waals surface area contributed by atoms with Gasteiger partial charge in [-0.05, 0) is 31.4 Å². The van der Waals surface area contributed by atoms with Crippen molar-refractivity contribution in [3.05, 3.63) is 71.3 Å². The van der Waals surface area contributed by atoms with E-state index < -0.39 is 0 Å². The van der Waals surface area contributed by atoms with Crippen molar-refractivity contribution in [3.8, 4) is 0 Å². The summed E-state index contributed by atoms with van der Waals surface area (Å²) in [6.07, 6.45) is 1.35. The summed E-state index contributed by atoms with van der Waals surface area (Å²) in [4.78, 5) is 14.2. The molecule has 0 saturated heterocycles. The zero-order valence-corrected chi connectivity index (χ0v) is 13.0. The van der Waals surface area contributed by atoms with E-state index in [0.717, 1.165) is 6.42 Å². The molecule has 1 amide bonds. The van der Waals surface area contributed by atoms with Gasteiger partial charge in [-0.15, -0.1) is 0 Å². The number of nitrogens with zero attached hydrogens (tertiary/aromatic N) is 1. The fraction of sp³-hybridized carbons (Fsp3) is 0.316. The largest absolute Gasteiger partial charge is 0.339 e. The highest BCUT2D eigenvalue weighted by molar-refractivity contribution is 5.76. The molecule has 0 radical (unpaired) electrons. The Bertz CT molecular complexity index is 592. The highest BCUT2D eigenvalue weighted by atomic mass is 16.2. The van der Waals surface area contributed by atoms with Gasteiger partial charge in [0.2, 0.25) is 5.91 Å². The molecule has 1 unspecified atom stereocenters. The molecule has 0 aromatic heterocycles.